The number of aryl methyl sites for hydroxylation is 1. The molecular formula is C16H22N4O5S. The fourth-order valence-corrected chi connectivity index (χ4v) is 3.13. The van der Waals surface area contributed by atoms with Crippen LogP contribution in [0.5, 0.6) is 5.75 Å². The van der Waals surface area contributed by atoms with Gasteiger partial charge in [0, 0.05) is 25.8 Å². The van der Waals surface area contributed by atoms with Gasteiger partial charge in [0.15, 0.2) is 0 Å². The molecule has 0 aliphatic carbocycles. The summed E-state index contributed by atoms with van der Waals surface area (Å²) in [5.41, 5.74) is 1.12. The number of nitrogens with one attached hydrogen (secondary N) is 2. The molecule has 10 heteroatoms. The average Bonchev–Trinajstić information content (AvgIpc) is 2.98. The Kier molecular flexibility index (Phi) is 6.22. The first-order valence-corrected chi connectivity index (χ1v) is 9.34. The zero-order valence-electron chi connectivity index (χ0n) is 15.1. The molecule has 0 saturated heterocycles. The number of ether oxygens (including phenoxy) is 1. The first-order chi connectivity index (χ1) is 12.2. The third-order valence-electron chi connectivity index (χ3n) is 3.35. The van der Waals surface area contributed by atoms with Crippen LogP contribution in [0.1, 0.15) is 12.6 Å². The fourth-order valence-electron chi connectivity index (χ4n) is 2.08. The Hall–Kier alpha value is -2.59. The Bertz CT molecular complexity index is 877. The number of sulfonamides is 1. The molecule has 2 aromatic rings. The number of carbonyl (C=O) groups is 1. The predicted octanol–water partition coefficient (Wildman–Crippen LogP) is 1.68. The van der Waals surface area contributed by atoms with Crippen molar-refractivity contribution in [2.75, 3.05) is 37.9 Å². The molecule has 0 spiro atoms. The number of amides is 1. The van der Waals surface area contributed by atoms with Crippen LogP contribution in [0.2, 0.25) is 0 Å². The zero-order valence-corrected chi connectivity index (χ0v) is 15.9. The standard InChI is InChI=1S/C16H22N4O5S/c1-5-24-13-7-6-12(9-14(13)26(22,23)20(3)4)17-10-15(21)18-16-8-11(2)19-25-16/h6-9,17H,5,10H2,1-4H3,(H,18,21). The highest BCUT2D eigenvalue weighted by molar-refractivity contribution is 7.89. The predicted molar refractivity (Wildman–Crippen MR) is 96.8 cm³/mol. The van der Waals surface area contributed by atoms with E-state index in [-0.39, 0.29) is 29.0 Å². The van der Waals surface area contributed by atoms with Gasteiger partial charge in [-0.2, -0.15) is 0 Å². The summed E-state index contributed by atoms with van der Waals surface area (Å²) >= 11 is 0. The van der Waals surface area contributed by atoms with Crippen molar-refractivity contribution in [2.45, 2.75) is 18.7 Å². The van der Waals surface area contributed by atoms with Crippen LogP contribution in [0, 0.1) is 6.92 Å². The summed E-state index contributed by atoms with van der Waals surface area (Å²) in [5.74, 6) is 0.150. The molecule has 142 valence electrons. The van der Waals surface area contributed by atoms with Crippen molar-refractivity contribution in [1.29, 1.82) is 0 Å². The van der Waals surface area contributed by atoms with E-state index in [0.717, 1.165) is 4.31 Å². The minimum Gasteiger partial charge on any atom is -0.492 e. The maximum absolute atomic E-state index is 12.5. The number of hydrogen-bond donors (Lipinski definition) is 2. The number of nitrogens with zero attached hydrogens (tertiary/aromatic N) is 2. The van der Waals surface area contributed by atoms with Crippen LogP contribution in [-0.4, -0.2) is 51.0 Å². The first kappa shape index (κ1) is 19.7. The molecule has 0 unspecified atom stereocenters. The average molecular weight is 382 g/mol. The number of anilines is 2. The van der Waals surface area contributed by atoms with Crippen molar-refractivity contribution in [3.05, 3.63) is 30.0 Å². The molecule has 2 N–H and O–H groups in total. The van der Waals surface area contributed by atoms with Gasteiger partial charge in [0.05, 0.1) is 18.8 Å². The number of carbonyl (C=O) groups excluding carboxylic acids is 1. The summed E-state index contributed by atoms with van der Waals surface area (Å²) < 4.78 is 36.4. The lowest BCUT2D eigenvalue weighted by Crippen LogP contribution is -2.24. The van der Waals surface area contributed by atoms with Crippen LogP contribution in [-0.2, 0) is 14.8 Å². The molecule has 26 heavy (non-hydrogen) atoms. The van der Waals surface area contributed by atoms with Gasteiger partial charge in [0.25, 0.3) is 0 Å². The van der Waals surface area contributed by atoms with E-state index in [4.69, 9.17) is 9.26 Å². The van der Waals surface area contributed by atoms with Gasteiger partial charge in [-0.3, -0.25) is 10.1 Å². The smallest absolute Gasteiger partial charge is 0.246 e. The molecule has 1 aromatic carbocycles. The van der Waals surface area contributed by atoms with Crippen molar-refractivity contribution < 1.29 is 22.5 Å². The molecule has 0 radical (unpaired) electrons. The number of hydrogen-bond acceptors (Lipinski definition) is 7. The first-order valence-electron chi connectivity index (χ1n) is 7.90. The van der Waals surface area contributed by atoms with E-state index in [1.165, 1.54) is 20.2 Å². The van der Waals surface area contributed by atoms with Gasteiger partial charge in [-0.1, -0.05) is 5.16 Å². The lowest BCUT2D eigenvalue weighted by molar-refractivity contribution is -0.114. The van der Waals surface area contributed by atoms with Crippen molar-refractivity contribution in [3.63, 3.8) is 0 Å². The van der Waals surface area contributed by atoms with E-state index in [9.17, 15) is 13.2 Å². The van der Waals surface area contributed by atoms with Gasteiger partial charge in [0.2, 0.25) is 21.8 Å². The van der Waals surface area contributed by atoms with Crippen molar-refractivity contribution in [2.24, 2.45) is 0 Å². The van der Waals surface area contributed by atoms with Gasteiger partial charge in [-0.25, -0.2) is 12.7 Å². The summed E-state index contributed by atoms with van der Waals surface area (Å²) in [7, 11) is -0.807. The molecule has 0 bridgehead atoms. The second kappa shape index (κ2) is 8.19. The SMILES string of the molecule is CCOc1ccc(NCC(=O)Nc2cc(C)no2)cc1S(=O)(=O)N(C)C. The molecule has 0 fully saturated rings. The Morgan fingerprint density at radius 2 is 2.04 bits per heavy atom. The fraction of sp³-hybridized carbons (Fsp3) is 0.375. The minimum absolute atomic E-state index is 0.0283. The normalized spacial score (nSPS) is 11.4. The van der Waals surface area contributed by atoms with Gasteiger partial charge >= 0.3 is 0 Å². The monoisotopic (exact) mass is 382 g/mol. The third kappa shape index (κ3) is 4.73. The van der Waals surface area contributed by atoms with Crippen LogP contribution in [0.15, 0.2) is 33.7 Å². The van der Waals surface area contributed by atoms with Crippen molar-refractivity contribution in [1.82, 2.24) is 9.46 Å². The lowest BCUT2D eigenvalue weighted by Gasteiger charge is -2.16. The van der Waals surface area contributed by atoms with Crippen molar-refractivity contribution >= 4 is 27.5 Å². The highest BCUT2D eigenvalue weighted by Gasteiger charge is 2.23. The summed E-state index contributed by atoms with van der Waals surface area (Å²) in [6.07, 6.45) is 0. The Balaban J connectivity index is 2.13. The molecule has 0 saturated carbocycles. The van der Waals surface area contributed by atoms with Crippen LogP contribution in [0.25, 0.3) is 0 Å². The number of aromatic nitrogens is 1. The van der Waals surface area contributed by atoms with E-state index in [0.29, 0.717) is 18.0 Å². The van der Waals surface area contributed by atoms with Crippen LogP contribution >= 0.6 is 0 Å². The van der Waals surface area contributed by atoms with Gasteiger partial charge < -0.3 is 14.6 Å². The third-order valence-corrected chi connectivity index (χ3v) is 5.18. The zero-order chi connectivity index (χ0) is 19.3. The largest absolute Gasteiger partial charge is 0.492 e. The Morgan fingerprint density at radius 1 is 1.31 bits per heavy atom. The second-order valence-electron chi connectivity index (χ2n) is 5.62. The number of benzene rings is 1. The highest BCUT2D eigenvalue weighted by atomic mass is 32.2. The van der Waals surface area contributed by atoms with Crippen molar-refractivity contribution in [3.8, 4) is 5.75 Å². The van der Waals surface area contributed by atoms with Crippen LogP contribution in [0.3, 0.4) is 0 Å². The van der Waals surface area contributed by atoms with Crippen LogP contribution < -0.4 is 15.4 Å². The molecule has 2 rings (SSSR count). The topological polar surface area (TPSA) is 114 Å². The van der Waals surface area contributed by atoms with E-state index >= 15 is 0 Å². The molecule has 0 atom stereocenters. The van der Waals surface area contributed by atoms with E-state index in [1.54, 1.807) is 32.0 Å². The molecular weight excluding hydrogens is 360 g/mol. The molecule has 9 nitrogen and oxygen atoms in total. The molecule has 1 amide bonds. The quantitative estimate of drug-likeness (QED) is 0.714. The van der Waals surface area contributed by atoms with E-state index < -0.39 is 10.0 Å². The Morgan fingerprint density at radius 3 is 2.62 bits per heavy atom. The number of rotatable bonds is 8. The molecule has 0 aliphatic rings. The van der Waals surface area contributed by atoms with E-state index in [1.807, 2.05) is 0 Å². The maximum atomic E-state index is 12.5. The molecule has 1 heterocycles. The summed E-state index contributed by atoms with van der Waals surface area (Å²) in [4.78, 5) is 12.0. The van der Waals surface area contributed by atoms with Gasteiger partial charge in [0.1, 0.15) is 10.6 Å². The maximum Gasteiger partial charge on any atom is 0.246 e. The van der Waals surface area contributed by atoms with Gasteiger partial charge in [-0.05, 0) is 32.0 Å². The molecule has 1 aromatic heterocycles. The Labute approximate surface area is 152 Å². The van der Waals surface area contributed by atoms with E-state index in [2.05, 4.69) is 15.8 Å². The van der Waals surface area contributed by atoms with Crippen LogP contribution in [0.4, 0.5) is 11.6 Å². The minimum atomic E-state index is -3.69. The lowest BCUT2D eigenvalue weighted by atomic mass is 10.3. The van der Waals surface area contributed by atoms with Gasteiger partial charge in [-0.15, -0.1) is 0 Å². The second-order valence-corrected chi connectivity index (χ2v) is 7.74. The summed E-state index contributed by atoms with van der Waals surface area (Å²) in [5, 5.41) is 9.10. The highest BCUT2D eigenvalue weighted by Crippen LogP contribution is 2.29. The summed E-state index contributed by atoms with van der Waals surface area (Å²) in [6.45, 7) is 3.77. The summed E-state index contributed by atoms with van der Waals surface area (Å²) in [6, 6.07) is 6.23. The molecule has 0 aliphatic heterocycles.